The molecule has 1 fully saturated rings. The molecule has 0 saturated carbocycles. The Balaban J connectivity index is 1.64. The summed E-state index contributed by atoms with van der Waals surface area (Å²) >= 11 is 0. The number of amides is 1. The number of ether oxygens (including phenoxy) is 1. The van der Waals surface area contributed by atoms with E-state index in [0.29, 0.717) is 24.8 Å². The van der Waals surface area contributed by atoms with Crippen LogP contribution in [-0.2, 0) is 9.53 Å². The Morgan fingerprint density at radius 3 is 2.74 bits per heavy atom. The summed E-state index contributed by atoms with van der Waals surface area (Å²) in [7, 11) is 1.52. The average Bonchev–Trinajstić information content (AvgIpc) is 3.37. The van der Waals surface area contributed by atoms with E-state index in [2.05, 4.69) is 15.1 Å². The van der Waals surface area contributed by atoms with E-state index < -0.39 is 0 Å². The van der Waals surface area contributed by atoms with Gasteiger partial charge >= 0.3 is 0 Å². The van der Waals surface area contributed by atoms with Crippen molar-refractivity contribution in [3.05, 3.63) is 66.3 Å². The minimum atomic E-state index is -0.0834. The highest BCUT2D eigenvalue weighted by atomic mass is 16.5. The zero-order valence-corrected chi connectivity index (χ0v) is 15.0. The summed E-state index contributed by atoms with van der Waals surface area (Å²) in [5, 5.41) is 4.14. The summed E-state index contributed by atoms with van der Waals surface area (Å²) in [6, 6.07) is 13.6. The Morgan fingerprint density at radius 2 is 2.00 bits per heavy atom. The summed E-state index contributed by atoms with van der Waals surface area (Å²) in [6.45, 7) is 1.14. The van der Waals surface area contributed by atoms with Crippen molar-refractivity contribution in [1.82, 2.24) is 20.0 Å². The monoisotopic (exact) mass is 364 g/mol. The number of hydrogen-bond acceptors (Lipinski definition) is 6. The largest absolute Gasteiger partial charge is 0.375 e. The molecule has 2 aromatic heterocycles. The molecule has 4 rings (SSSR count). The van der Waals surface area contributed by atoms with Crippen molar-refractivity contribution >= 4 is 5.91 Å². The van der Waals surface area contributed by atoms with Gasteiger partial charge in [-0.15, -0.1) is 0 Å². The lowest BCUT2D eigenvalue weighted by atomic mass is 9.90. The maximum Gasteiger partial charge on any atom is 0.248 e. The highest BCUT2D eigenvalue weighted by Crippen LogP contribution is 2.39. The number of likely N-dealkylation sites (tertiary alicyclic amines) is 1. The number of carbonyl (C=O) groups excluding carboxylic acids is 1. The van der Waals surface area contributed by atoms with E-state index in [1.54, 1.807) is 11.1 Å². The van der Waals surface area contributed by atoms with E-state index in [1.807, 2.05) is 48.7 Å². The van der Waals surface area contributed by atoms with Crippen LogP contribution >= 0.6 is 0 Å². The van der Waals surface area contributed by atoms with E-state index in [1.165, 1.54) is 7.11 Å². The zero-order valence-electron chi connectivity index (χ0n) is 15.0. The molecule has 0 unspecified atom stereocenters. The van der Waals surface area contributed by atoms with E-state index in [4.69, 9.17) is 9.26 Å². The minimum Gasteiger partial charge on any atom is -0.375 e. The SMILES string of the molecule is COCC(=O)N1C[C@@H](c2cccnc2)[C@H](c2nc(-c3ccccc3)no2)C1. The van der Waals surface area contributed by atoms with Gasteiger partial charge in [0.25, 0.3) is 0 Å². The molecule has 1 saturated heterocycles. The number of benzene rings is 1. The molecule has 1 aromatic carbocycles. The number of pyridine rings is 1. The van der Waals surface area contributed by atoms with E-state index in [-0.39, 0.29) is 24.3 Å². The fourth-order valence-corrected chi connectivity index (χ4v) is 3.50. The van der Waals surface area contributed by atoms with Gasteiger partial charge < -0.3 is 14.2 Å². The van der Waals surface area contributed by atoms with E-state index in [9.17, 15) is 4.79 Å². The molecule has 0 N–H and O–H groups in total. The van der Waals surface area contributed by atoms with Crippen molar-refractivity contribution in [3.8, 4) is 11.4 Å². The standard InChI is InChI=1S/C20H20N4O3/c1-26-13-18(25)24-11-16(15-8-5-9-21-10-15)17(12-24)20-22-19(23-27-20)14-6-3-2-4-7-14/h2-10,16-17H,11-13H2,1H3/t16-,17+/m0/s1. The molecule has 2 atom stereocenters. The second-order valence-corrected chi connectivity index (χ2v) is 6.55. The van der Waals surface area contributed by atoms with Gasteiger partial charge in [-0.05, 0) is 11.6 Å². The fraction of sp³-hybridized carbons (Fsp3) is 0.300. The molecule has 7 heteroatoms. The zero-order chi connectivity index (χ0) is 18.6. The molecule has 1 aliphatic rings. The van der Waals surface area contributed by atoms with Crippen LogP contribution in [0.1, 0.15) is 23.3 Å². The Kier molecular flexibility index (Phi) is 4.93. The third-order valence-corrected chi connectivity index (χ3v) is 4.84. The topological polar surface area (TPSA) is 81.4 Å². The second kappa shape index (κ2) is 7.67. The Morgan fingerprint density at radius 1 is 1.19 bits per heavy atom. The smallest absolute Gasteiger partial charge is 0.248 e. The fourth-order valence-electron chi connectivity index (χ4n) is 3.50. The molecule has 7 nitrogen and oxygen atoms in total. The third kappa shape index (κ3) is 3.59. The first-order valence-electron chi connectivity index (χ1n) is 8.82. The number of methoxy groups -OCH3 is 1. The summed E-state index contributed by atoms with van der Waals surface area (Å²) in [5.74, 6) is 1.01. The van der Waals surface area contributed by atoms with Crippen LogP contribution < -0.4 is 0 Å². The summed E-state index contributed by atoms with van der Waals surface area (Å²) in [5.41, 5.74) is 1.95. The predicted octanol–water partition coefficient (Wildman–Crippen LogP) is 2.49. The first kappa shape index (κ1) is 17.4. The summed E-state index contributed by atoms with van der Waals surface area (Å²) in [4.78, 5) is 23.0. The predicted molar refractivity (Wildman–Crippen MR) is 97.9 cm³/mol. The number of rotatable bonds is 5. The Bertz CT molecular complexity index is 898. The quantitative estimate of drug-likeness (QED) is 0.692. The van der Waals surface area contributed by atoms with Gasteiger partial charge in [-0.25, -0.2) is 0 Å². The first-order chi connectivity index (χ1) is 13.3. The van der Waals surface area contributed by atoms with Crippen LogP contribution in [-0.4, -0.2) is 52.7 Å². The lowest BCUT2D eigenvalue weighted by molar-refractivity contribution is -0.134. The number of hydrogen-bond donors (Lipinski definition) is 0. The number of aromatic nitrogens is 3. The highest BCUT2D eigenvalue weighted by Gasteiger charge is 2.40. The first-order valence-corrected chi connectivity index (χ1v) is 8.82. The average molecular weight is 364 g/mol. The molecule has 0 aliphatic carbocycles. The van der Waals surface area contributed by atoms with E-state index >= 15 is 0 Å². The van der Waals surface area contributed by atoms with Gasteiger partial charge in [0.05, 0.1) is 5.92 Å². The molecule has 3 aromatic rings. The molecule has 3 heterocycles. The van der Waals surface area contributed by atoms with Crippen LogP contribution in [0.2, 0.25) is 0 Å². The lowest BCUT2D eigenvalue weighted by Gasteiger charge is -2.15. The maximum absolute atomic E-state index is 12.3. The lowest BCUT2D eigenvalue weighted by Crippen LogP contribution is -2.31. The van der Waals surface area contributed by atoms with E-state index in [0.717, 1.165) is 11.1 Å². The molecule has 138 valence electrons. The molecule has 0 spiro atoms. The van der Waals surface area contributed by atoms with Gasteiger partial charge in [0.1, 0.15) is 6.61 Å². The van der Waals surface area contributed by atoms with Gasteiger partial charge in [0.15, 0.2) is 0 Å². The van der Waals surface area contributed by atoms with Gasteiger partial charge in [-0.2, -0.15) is 4.98 Å². The highest BCUT2D eigenvalue weighted by molar-refractivity contribution is 5.78. The van der Waals surface area contributed by atoms with Crippen molar-refractivity contribution in [1.29, 1.82) is 0 Å². The van der Waals surface area contributed by atoms with Crippen LogP contribution in [0.25, 0.3) is 11.4 Å². The van der Waals surface area contributed by atoms with Crippen molar-refractivity contribution in [2.75, 3.05) is 26.8 Å². The number of carbonyl (C=O) groups is 1. The van der Waals surface area contributed by atoms with Gasteiger partial charge in [-0.1, -0.05) is 41.6 Å². The van der Waals surface area contributed by atoms with Crippen LogP contribution in [0.4, 0.5) is 0 Å². The van der Waals surface area contributed by atoms with Crippen molar-refractivity contribution in [3.63, 3.8) is 0 Å². The molecule has 0 bridgehead atoms. The molecule has 1 amide bonds. The van der Waals surface area contributed by atoms with Crippen LogP contribution in [0.15, 0.2) is 59.4 Å². The Hall–Kier alpha value is -3.06. The molecule has 27 heavy (non-hydrogen) atoms. The normalized spacial score (nSPS) is 19.4. The van der Waals surface area contributed by atoms with Crippen LogP contribution in [0.5, 0.6) is 0 Å². The molecular weight excluding hydrogens is 344 g/mol. The molecule has 1 aliphatic heterocycles. The van der Waals surface area contributed by atoms with Crippen LogP contribution in [0.3, 0.4) is 0 Å². The van der Waals surface area contributed by atoms with Gasteiger partial charge in [0.2, 0.25) is 17.6 Å². The maximum atomic E-state index is 12.3. The van der Waals surface area contributed by atoms with Crippen molar-refractivity contribution in [2.45, 2.75) is 11.8 Å². The number of nitrogens with zero attached hydrogens (tertiary/aromatic N) is 4. The summed E-state index contributed by atoms with van der Waals surface area (Å²) < 4.78 is 10.6. The molecule has 0 radical (unpaired) electrons. The molecular formula is C20H20N4O3. The van der Waals surface area contributed by atoms with Gasteiger partial charge in [-0.3, -0.25) is 9.78 Å². The van der Waals surface area contributed by atoms with Crippen molar-refractivity contribution < 1.29 is 14.1 Å². The summed E-state index contributed by atoms with van der Waals surface area (Å²) in [6.07, 6.45) is 3.57. The minimum absolute atomic E-state index is 0.0447. The second-order valence-electron chi connectivity index (χ2n) is 6.55. The Labute approximate surface area is 157 Å². The third-order valence-electron chi connectivity index (χ3n) is 4.84. The van der Waals surface area contributed by atoms with Crippen LogP contribution in [0, 0.1) is 0 Å². The van der Waals surface area contributed by atoms with Crippen molar-refractivity contribution in [2.24, 2.45) is 0 Å². The van der Waals surface area contributed by atoms with Gasteiger partial charge in [0, 0.05) is 44.1 Å².